The summed E-state index contributed by atoms with van der Waals surface area (Å²) < 4.78 is 49.5. The van der Waals surface area contributed by atoms with E-state index in [1.807, 2.05) is 0 Å². The highest BCUT2D eigenvalue weighted by Gasteiger charge is 2.18. The molecule has 7 nitrogen and oxygen atoms in total. The molecule has 0 aliphatic rings. The molecule has 0 saturated carbocycles. The predicted molar refractivity (Wildman–Crippen MR) is 98.4 cm³/mol. The Labute approximate surface area is 161 Å². The van der Waals surface area contributed by atoms with Crippen molar-refractivity contribution in [3.05, 3.63) is 71.2 Å². The van der Waals surface area contributed by atoms with Gasteiger partial charge >= 0.3 is 5.97 Å². The summed E-state index contributed by atoms with van der Waals surface area (Å²) in [6.07, 6.45) is 0. The number of hydrogen-bond acceptors (Lipinski definition) is 6. The molecule has 28 heavy (non-hydrogen) atoms. The van der Waals surface area contributed by atoms with Gasteiger partial charge < -0.3 is 9.26 Å². The monoisotopic (exact) mass is 404 g/mol. The van der Waals surface area contributed by atoms with Gasteiger partial charge in [-0.3, -0.25) is 0 Å². The largest absolute Gasteiger partial charge is 0.455 e. The van der Waals surface area contributed by atoms with Gasteiger partial charge in [0, 0.05) is 11.1 Å². The van der Waals surface area contributed by atoms with E-state index >= 15 is 0 Å². The SMILES string of the molecule is CNS(=O)(=O)c1cccc(C(=O)OCc2noc(-c3ccc(F)cc3)c2C)c1. The van der Waals surface area contributed by atoms with Gasteiger partial charge in [-0.2, -0.15) is 0 Å². The molecule has 0 atom stereocenters. The van der Waals surface area contributed by atoms with Crippen LogP contribution in [0.3, 0.4) is 0 Å². The van der Waals surface area contributed by atoms with Crippen molar-refractivity contribution in [2.75, 3.05) is 7.05 Å². The molecule has 0 bridgehead atoms. The van der Waals surface area contributed by atoms with Crippen LogP contribution < -0.4 is 4.72 Å². The van der Waals surface area contributed by atoms with Crippen molar-refractivity contribution in [3.8, 4) is 11.3 Å². The zero-order chi connectivity index (χ0) is 20.3. The minimum Gasteiger partial charge on any atom is -0.455 e. The molecule has 146 valence electrons. The Bertz CT molecular complexity index is 1110. The van der Waals surface area contributed by atoms with Gasteiger partial charge in [-0.1, -0.05) is 11.2 Å². The molecular weight excluding hydrogens is 387 g/mol. The lowest BCUT2D eigenvalue weighted by atomic mass is 10.1. The third kappa shape index (κ3) is 4.10. The molecule has 0 fully saturated rings. The van der Waals surface area contributed by atoms with E-state index in [9.17, 15) is 17.6 Å². The molecule has 0 spiro atoms. The second-order valence-electron chi connectivity index (χ2n) is 5.90. The van der Waals surface area contributed by atoms with Gasteiger partial charge in [0.1, 0.15) is 18.1 Å². The third-order valence-corrected chi connectivity index (χ3v) is 5.53. The first-order valence-corrected chi connectivity index (χ1v) is 9.72. The normalized spacial score (nSPS) is 11.4. The average molecular weight is 404 g/mol. The van der Waals surface area contributed by atoms with Crippen molar-refractivity contribution in [2.24, 2.45) is 0 Å². The van der Waals surface area contributed by atoms with Gasteiger partial charge in [0.15, 0.2) is 5.76 Å². The molecule has 3 aromatic rings. The number of nitrogens with zero attached hydrogens (tertiary/aromatic N) is 1. The third-order valence-electron chi connectivity index (χ3n) is 4.12. The summed E-state index contributed by atoms with van der Waals surface area (Å²) in [5.41, 5.74) is 1.81. The molecule has 0 radical (unpaired) electrons. The molecule has 0 amide bonds. The Hall–Kier alpha value is -3.04. The van der Waals surface area contributed by atoms with Crippen LogP contribution in [-0.2, 0) is 21.4 Å². The van der Waals surface area contributed by atoms with E-state index in [0.29, 0.717) is 22.6 Å². The first-order valence-electron chi connectivity index (χ1n) is 8.23. The van der Waals surface area contributed by atoms with Crippen molar-refractivity contribution in [3.63, 3.8) is 0 Å². The zero-order valence-electron chi connectivity index (χ0n) is 15.1. The van der Waals surface area contributed by atoms with Crippen LogP contribution in [0.2, 0.25) is 0 Å². The average Bonchev–Trinajstić information content (AvgIpc) is 3.07. The van der Waals surface area contributed by atoms with E-state index in [1.165, 1.54) is 43.4 Å². The van der Waals surface area contributed by atoms with Gasteiger partial charge in [-0.05, 0) is 56.4 Å². The number of hydrogen-bond donors (Lipinski definition) is 1. The van der Waals surface area contributed by atoms with Gasteiger partial charge in [0.25, 0.3) is 0 Å². The summed E-state index contributed by atoms with van der Waals surface area (Å²) in [5.74, 6) is -0.607. The van der Waals surface area contributed by atoms with Crippen molar-refractivity contribution < 1.29 is 26.9 Å². The highest BCUT2D eigenvalue weighted by atomic mass is 32.2. The molecule has 0 aliphatic heterocycles. The van der Waals surface area contributed by atoms with Crippen LogP contribution in [0.15, 0.2) is 57.9 Å². The number of esters is 1. The molecule has 1 aromatic heterocycles. The summed E-state index contributed by atoms with van der Waals surface area (Å²) in [7, 11) is -2.39. The quantitative estimate of drug-likeness (QED) is 0.634. The summed E-state index contributed by atoms with van der Waals surface area (Å²) in [4.78, 5) is 12.2. The van der Waals surface area contributed by atoms with E-state index < -0.39 is 16.0 Å². The molecule has 3 rings (SSSR count). The number of benzene rings is 2. The maximum atomic E-state index is 13.1. The fraction of sp³-hybridized carbons (Fsp3) is 0.158. The summed E-state index contributed by atoms with van der Waals surface area (Å²) in [6.45, 7) is 1.59. The first kappa shape index (κ1) is 19.7. The number of carbonyl (C=O) groups excluding carboxylic acids is 1. The van der Waals surface area contributed by atoms with Gasteiger partial charge in [-0.25, -0.2) is 22.3 Å². The van der Waals surface area contributed by atoms with Crippen molar-refractivity contribution >= 4 is 16.0 Å². The lowest BCUT2D eigenvalue weighted by Crippen LogP contribution is -2.19. The Morgan fingerprint density at radius 2 is 1.93 bits per heavy atom. The Morgan fingerprint density at radius 3 is 2.61 bits per heavy atom. The minimum absolute atomic E-state index is 0.0411. The lowest BCUT2D eigenvalue weighted by molar-refractivity contribution is 0.0463. The number of aromatic nitrogens is 1. The number of sulfonamides is 1. The summed E-state index contributed by atoms with van der Waals surface area (Å²) in [5, 5.41) is 3.90. The van der Waals surface area contributed by atoms with E-state index in [1.54, 1.807) is 19.1 Å². The first-order chi connectivity index (χ1) is 13.3. The van der Waals surface area contributed by atoms with Crippen molar-refractivity contribution in [1.82, 2.24) is 9.88 Å². The van der Waals surface area contributed by atoms with Crippen molar-refractivity contribution in [1.29, 1.82) is 0 Å². The van der Waals surface area contributed by atoms with Crippen LogP contribution >= 0.6 is 0 Å². The Morgan fingerprint density at radius 1 is 1.21 bits per heavy atom. The van der Waals surface area contributed by atoms with Gasteiger partial charge in [0.05, 0.1) is 10.5 Å². The molecule has 9 heteroatoms. The standard InChI is InChI=1S/C19H17FN2O5S/c1-12-17(22-27-18(12)13-6-8-15(20)9-7-13)11-26-19(23)14-4-3-5-16(10-14)28(24,25)21-2/h3-10,21H,11H2,1-2H3. The van der Waals surface area contributed by atoms with Crippen LogP contribution in [0.25, 0.3) is 11.3 Å². The van der Waals surface area contributed by atoms with Crippen LogP contribution in [0.4, 0.5) is 4.39 Å². The highest BCUT2D eigenvalue weighted by Crippen LogP contribution is 2.26. The van der Waals surface area contributed by atoms with Crippen LogP contribution in [0.1, 0.15) is 21.6 Å². The maximum absolute atomic E-state index is 13.1. The minimum atomic E-state index is -3.67. The second-order valence-corrected chi connectivity index (χ2v) is 7.79. The van der Waals surface area contributed by atoms with Crippen LogP contribution in [0.5, 0.6) is 0 Å². The zero-order valence-corrected chi connectivity index (χ0v) is 15.9. The number of nitrogens with one attached hydrogen (secondary N) is 1. The lowest BCUT2D eigenvalue weighted by Gasteiger charge is -2.06. The van der Waals surface area contributed by atoms with Crippen molar-refractivity contribution in [2.45, 2.75) is 18.4 Å². The molecule has 0 aliphatic carbocycles. The van der Waals surface area contributed by atoms with Crippen LogP contribution in [-0.4, -0.2) is 26.6 Å². The van der Waals surface area contributed by atoms with Gasteiger partial charge in [-0.15, -0.1) is 0 Å². The number of rotatable bonds is 6. The van der Waals surface area contributed by atoms with E-state index in [4.69, 9.17) is 9.26 Å². The second kappa shape index (κ2) is 7.91. The van der Waals surface area contributed by atoms with Gasteiger partial charge in [0.2, 0.25) is 10.0 Å². The van der Waals surface area contributed by atoms with E-state index in [-0.39, 0.29) is 22.9 Å². The van der Waals surface area contributed by atoms with E-state index in [0.717, 1.165) is 0 Å². The summed E-state index contributed by atoms with van der Waals surface area (Å²) in [6, 6.07) is 11.3. The predicted octanol–water partition coefficient (Wildman–Crippen LogP) is 3.05. The molecule has 1 heterocycles. The number of halogens is 1. The number of carbonyl (C=O) groups is 1. The molecule has 0 unspecified atom stereocenters. The Kier molecular flexibility index (Phi) is 5.57. The van der Waals surface area contributed by atoms with Crippen LogP contribution in [0, 0.1) is 12.7 Å². The smallest absolute Gasteiger partial charge is 0.338 e. The molecule has 0 saturated heterocycles. The topological polar surface area (TPSA) is 98.5 Å². The maximum Gasteiger partial charge on any atom is 0.338 e. The Balaban J connectivity index is 1.74. The number of ether oxygens (including phenoxy) is 1. The highest BCUT2D eigenvalue weighted by molar-refractivity contribution is 7.89. The summed E-state index contributed by atoms with van der Waals surface area (Å²) >= 11 is 0. The molecular formula is C19H17FN2O5S. The fourth-order valence-electron chi connectivity index (χ4n) is 2.50. The fourth-order valence-corrected chi connectivity index (χ4v) is 3.27. The molecule has 2 aromatic carbocycles. The van der Waals surface area contributed by atoms with E-state index in [2.05, 4.69) is 9.88 Å². The molecule has 1 N–H and O–H groups in total.